The molecular formula is C15H29N3O. The highest BCUT2D eigenvalue weighted by atomic mass is 16.5. The van der Waals surface area contributed by atoms with E-state index >= 15 is 0 Å². The number of rotatable bonds is 7. The fraction of sp³-hybridized carbons (Fsp3) is 0.800. The molecule has 19 heavy (non-hydrogen) atoms. The smallest absolute Gasteiger partial charge is 0.0662 e. The Bertz CT molecular complexity index is 377. The molecule has 0 aliphatic carbocycles. The molecule has 0 aromatic carbocycles. The van der Waals surface area contributed by atoms with Gasteiger partial charge < -0.3 is 10.1 Å². The van der Waals surface area contributed by atoms with Gasteiger partial charge in [0.05, 0.1) is 18.8 Å². The minimum Gasteiger partial charge on any atom is -0.379 e. The molecule has 0 aliphatic heterocycles. The third-order valence-electron chi connectivity index (χ3n) is 2.77. The van der Waals surface area contributed by atoms with Crippen molar-refractivity contribution < 1.29 is 4.74 Å². The Labute approximate surface area is 117 Å². The standard InChI is InChI=1S/C15H29N3O/c1-12(2)11-19-8-7-18-10-14(13(3)17-18)9-16-15(4,5)6/h10,12,16H,7-9,11H2,1-6H3. The Hall–Kier alpha value is -0.870. The predicted octanol–water partition coefficient (Wildman–Crippen LogP) is 2.75. The Morgan fingerprint density at radius 3 is 2.63 bits per heavy atom. The maximum atomic E-state index is 5.59. The molecule has 4 nitrogen and oxygen atoms in total. The normalized spacial score (nSPS) is 12.4. The molecule has 1 aromatic heterocycles. The van der Waals surface area contributed by atoms with E-state index in [4.69, 9.17) is 4.74 Å². The van der Waals surface area contributed by atoms with E-state index < -0.39 is 0 Å². The summed E-state index contributed by atoms with van der Waals surface area (Å²) in [7, 11) is 0. The highest BCUT2D eigenvalue weighted by molar-refractivity contribution is 5.15. The van der Waals surface area contributed by atoms with Crippen LogP contribution >= 0.6 is 0 Å². The second kappa shape index (κ2) is 7.06. The van der Waals surface area contributed by atoms with Gasteiger partial charge in [-0.1, -0.05) is 13.8 Å². The van der Waals surface area contributed by atoms with E-state index in [0.717, 1.165) is 32.0 Å². The summed E-state index contributed by atoms with van der Waals surface area (Å²) in [4.78, 5) is 0. The molecule has 0 saturated heterocycles. The second-order valence-electron chi connectivity index (χ2n) is 6.58. The first kappa shape index (κ1) is 16.2. The summed E-state index contributed by atoms with van der Waals surface area (Å²) in [6.45, 7) is 16.1. The van der Waals surface area contributed by atoms with Crippen LogP contribution in [0.2, 0.25) is 0 Å². The maximum absolute atomic E-state index is 5.59. The number of ether oxygens (including phenoxy) is 1. The second-order valence-corrected chi connectivity index (χ2v) is 6.58. The Morgan fingerprint density at radius 1 is 1.37 bits per heavy atom. The lowest BCUT2D eigenvalue weighted by Crippen LogP contribution is -2.35. The van der Waals surface area contributed by atoms with Crippen LogP contribution in [0, 0.1) is 12.8 Å². The van der Waals surface area contributed by atoms with Crippen LogP contribution in [-0.2, 0) is 17.8 Å². The summed E-state index contributed by atoms with van der Waals surface area (Å²) in [5.74, 6) is 0.589. The summed E-state index contributed by atoms with van der Waals surface area (Å²) in [5, 5.41) is 8.01. The third kappa shape index (κ3) is 6.73. The first-order chi connectivity index (χ1) is 8.78. The van der Waals surface area contributed by atoms with Crippen LogP contribution < -0.4 is 5.32 Å². The van der Waals surface area contributed by atoms with Gasteiger partial charge >= 0.3 is 0 Å². The van der Waals surface area contributed by atoms with Gasteiger partial charge in [-0.25, -0.2) is 0 Å². The fourth-order valence-corrected chi connectivity index (χ4v) is 1.68. The lowest BCUT2D eigenvalue weighted by molar-refractivity contribution is 0.101. The molecule has 1 heterocycles. The molecule has 0 atom stereocenters. The first-order valence-corrected chi connectivity index (χ1v) is 7.13. The minimum absolute atomic E-state index is 0.134. The van der Waals surface area contributed by atoms with Crippen molar-refractivity contribution in [2.75, 3.05) is 13.2 Å². The number of nitrogens with one attached hydrogen (secondary N) is 1. The van der Waals surface area contributed by atoms with Crippen LogP contribution in [0.5, 0.6) is 0 Å². The van der Waals surface area contributed by atoms with Crippen LogP contribution in [0.4, 0.5) is 0 Å². The van der Waals surface area contributed by atoms with E-state index in [0.29, 0.717) is 5.92 Å². The molecule has 0 unspecified atom stereocenters. The van der Waals surface area contributed by atoms with Crippen LogP contribution in [0.15, 0.2) is 6.20 Å². The van der Waals surface area contributed by atoms with Crippen molar-refractivity contribution >= 4 is 0 Å². The SMILES string of the molecule is Cc1nn(CCOCC(C)C)cc1CNC(C)(C)C. The van der Waals surface area contributed by atoms with Crippen molar-refractivity contribution in [1.82, 2.24) is 15.1 Å². The number of hydrogen-bond donors (Lipinski definition) is 1. The van der Waals surface area contributed by atoms with Crippen LogP contribution in [0.25, 0.3) is 0 Å². The molecule has 0 radical (unpaired) electrons. The molecule has 1 aromatic rings. The van der Waals surface area contributed by atoms with Crippen molar-refractivity contribution in [2.45, 2.75) is 60.2 Å². The van der Waals surface area contributed by atoms with Crippen LogP contribution in [0.1, 0.15) is 45.9 Å². The molecule has 0 bridgehead atoms. The molecular weight excluding hydrogens is 238 g/mol. The van der Waals surface area contributed by atoms with Gasteiger partial charge in [0.25, 0.3) is 0 Å². The third-order valence-corrected chi connectivity index (χ3v) is 2.77. The number of aryl methyl sites for hydroxylation is 1. The van der Waals surface area contributed by atoms with Gasteiger partial charge in [-0.3, -0.25) is 4.68 Å². The van der Waals surface area contributed by atoms with E-state index in [1.54, 1.807) is 0 Å². The van der Waals surface area contributed by atoms with Gasteiger partial charge in [0.2, 0.25) is 0 Å². The minimum atomic E-state index is 0.134. The van der Waals surface area contributed by atoms with Crippen molar-refractivity contribution in [2.24, 2.45) is 5.92 Å². The van der Waals surface area contributed by atoms with Crippen molar-refractivity contribution in [3.05, 3.63) is 17.5 Å². The monoisotopic (exact) mass is 267 g/mol. The lowest BCUT2D eigenvalue weighted by Gasteiger charge is -2.20. The molecule has 0 aliphatic rings. The highest BCUT2D eigenvalue weighted by Gasteiger charge is 2.11. The average molecular weight is 267 g/mol. The molecule has 1 rings (SSSR count). The van der Waals surface area contributed by atoms with E-state index in [9.17, 15) is 0 Å². The topological polar surface area (TPSA) is 39.1 Å². The molecule has 0 fully saturated rings. The van der Waals surface area contributed by atoms with E-state index in [1.807, 2.05) is 4.68 Å². The number of hydrogen-bond acceptors (Lipinski definition) is 3. The zero-order valence-corrected chi connectivity index (χ0v) is 13.3. The lowest BCUT2D eigenvalue weighted by atomic mass is 10.1. The molecule has 110 valence electrons. The summed E-state index contributed by atoms with van der Waals surface area (Å²) >= 11 is 0. The molecule has 4 heteroatoms. The Balaban J connectivity index is 2.41. The molecule has 0 amide bonds. The zero-order chi connectivity index (χ0) is 14.5. The van der Waals surface area contributed by atoms with Crippen LogP contribution in [0.3, 0.4) is 0 Å². The molecule has 1 N–H and O–H groups in total. The van der Waals surface area contributed by atoms with Crippen molar-refractivity contribution in [1.29, 1.82) is 0 Å². The highest BCUT2D eigenvalue weighted by Crippen LogP contribution is 2.08. The van der Waals surface area contributed by atoms with Crippen LogP contribution in [-0.4, -0.2) is 28.5 Å². The quantitative estimate of drug-likeness (QED) is 0.772. The van der Waals surface area contributed by atoms with E-state index in [1.165, 1.54) is 5.56 Å². The van der Waals surface area contributed by atoms with E-state index in [-0.39, 0.29) is 5.54 Å². The van der Waals surface area contributed by atoms with Gasteiger partial charge in [0.1, 0.15) is 0 Å². The maximum Gasteiger partial charge on any atom is 0.0662 e. The average Bonchev–Trinajstić information content (AvgIpc) is 2.61. The number of nitrogens with zero attached hydrogens (tertiary/aromatic N) is 2. The number of aromatic nitrogens is 2. The Morgan fingerprint density at radius 2 is 2.05 bits per heavy atom. The van der Waals surface area contributed by atoms with Crippen molar-refractivity contribution in [3.8, 4) is 0 Å². The summed E-state index contributed by atoms with van der Waals surface area (Å²) in [5.41, 5.74) is 2.49. The summed E-state index contributed by atoms with van der Waals surface area (Å²) in [6.07, 6.45) is 2.12. The van der Waals surface area contributed by atoms with Crippen molar-refractivity contribution in [3.63, 3.8) is 0 Å². The summed E-state index contributed by atoms with van der Waals surface area (Å²) < 4.78 is 7.57. The van der Waals surface area contributed by atoms with Gasteiger partial charge in [-0.15, -0.1) is 0 Å². The van der Waals surface area contributed by atoms with E-state index in [2.05, 4.69) is 58.2 Å². The van der Waals surface area contributed by atoms with Gasteiger partial charge in [0, 0.05) is 30.5 Å². The van der Waals surface area contributed by atoms with Gasteiger partial charge in [0.15, 0.2) is 0 Å². The molecule has 0 spiro atoms. The first-order valence-electron chi connectivity index (χ1n) is 7.13. The van der Waals surface area contributed by atoms with Gasteiger partial charge in [-0.05, 0) is 33.6 Å². The Kier molecular flexibility index (Phi) is 6.01. The predicted molar refractivity (Wildman–Crippen MR) is 79.2 cm³/mol. The molecule has 0 saturated carbocycles. The van der Waals surface area contributed by atoms with Gasteiger partial charge in [-0.2, -0.15) is 5.10 Å². The zero-order valence-electron chi connectivity index (χ0n) is 13.3. The summed E-state index contributed by atoms with van der Waals surface area (Å²) in [6, 6.07) is 0. The fourth-order valence-electron chi connectivity index (χ4n) is 1.68. The largest absolute Gasteiger partial charge is 0.379 e.